The Bertz CT molecular complexity index is 2900. The number of hydrogen-bond donors (Lipinski definition) is 0. The van der Waals surface area contributed by atoms with E-state index in [2.05, 4.69) is 167 Å². The molecule has 5 heterocycles. The summed E-state index contributed by atoms with van der Waals surface area (Å²) >= 11 is 0. The second-order valence-corrected chi connectivity index (χ2v) is 26.9. The van der Waals surface area contributed by atoms with Crippen molar-refractivity contribution >= 4 is 35.2 Å². The van der Waals surface area contributed by atoms with Crippen molar-refractivity contribution < 1.29 is 13.6 Å². The number of pyridine rings is 2. The van der Waals surface area contributed by atoms with Crippen LogP contribution in [0.25, 0.3) is 55.6 Å². The van der Waals surface area contributed by atoms with Crippen molar-refractivity contribution in [3.05, 3.63) is 137 Å². The number of rotatable bonds is 8. The Labute approximate surface area is 377 Å². The van der Waals surface area contributed by atoms with Crippen molar-refractivity contribution in [3.8, 4) is 33.6 Å². The van der Waals surface area contributed by atoms with Gasteiger partial charge in [-0.25, -0.2) is 0 Å². The highest BCUT2D eigenvalue weighted by molar-refractivity contribution is 6.89. The lowest BCUT2D eigenvalue weighted by atomic mass is 9.65. The molecule has 7 aromatic rings. The van der Waals surface area contributed by atoms with E-state index in [0.717, 1.165) is 35.5 Å². The largest absolute Gasteiger partial charge is 0.454 e. The van der Waals surface area contributed by atoms with Crippen molar-refractivity contribution in [2.45, 2.75) is 154 Å². The van der Waals surface area contributed by atoms with E-state index in [1.807, 2.05) is 0 Å². The maximum Gasteiger partial charge on any atom is 0.246 e. The summed E-state index contributed by atoms with van der Waals surface area (Å²) in [6.07, 6.45) is 19.5. The van der Waals surface area contributed by atoms with Crippen LogP contribution < -0.4 is 14.3 Å². The van der Waals surface area contributed by atoms with Gasteiger partial charge in [-0.1, -0.05) is 146 Å². The minimum absolute atomic E-state index is 0.0689. The maximum atomic E-state index is 7.40. The van der Waals surface area contributed by atoms with Crippen LogP contribution in [0, 0.1) is 12.8 Å². The molecule has 2 aliphatic carbocycles. The van der Waals surface area contributed by atoms with Crippen molar-refractivity contribution in [1.29, 1.82) is 0 Å². The van der Waals surface area contributed by atoms with Gasteiger partial charge in [0.25, 0.3) is 0 Å². The van der Waals surface area contributed by atoms with Crippen LogP contribution in [-0.4, -0.2) is 8.07 Å². The highest BCUT2D eigenvalue weighted by atomic mass is 28.3. The van der Waals surface area contributed by atoms with Gasteiger partial charge in [-0.3, -0.25) is 0 Å². The van der Waals surface area contributed by atoms with Crippen molar-refractivity contribution in [2.75, 3.05) is 0 Å². The Kier molecular flexibility index (Phi) is 10.0. The van der Waals surface area contributed by atoms with Gasteiger partial charge in [0.05, 0.1) is 24.6 Å². The number of aromatic nitrogens is 2. The molecule has 322 valence electrons. The van der Waals surface area contributed by atoms with Crippen LogP contribution in [0.15, 0.2) is 108 Å². The molecule has 3 atom stereocenters. The van der Waals surface area contributed by atoms with Gasteiger partial charge in [0.2, 0.25) is 23.5 Å². The first-order valence-electron chi connectivity index (χ1n) is 24.8. The van der Waals surface area contributed by atoms with E-state index in [1.54, 1.807) is 10.8 Å². The molecule has 0 amide bonds. The molecular formula is C59H68N2OSi+2. The van der Waals surface area contributed by atoms with Gasteiger partial charge in [-0.15, -0.1) is 0 Å². The van der Waals surface area contributed by atoms with Gasteiger partial charge in [-0.2, -0.15) is 9.13 Å². The van der Waals surface area contributed by atoms with Gasteiger partial charge < -0.3 is 4.42 Å². The molecule has 63 heavy (non-hydrogen) atoms. The lowest BCUT2D eigenvalue weighted by Gasteiger charge is -2.41. The highest BCUT2D eigenvalue weighted by Crippen LogP contribution is 2.55. The zero-order valence-corrected chi connectivity index (χ0v) is 40.3. The fourth-order valence-electron chi connectivity index (χ4n) is 13.1. The summed E-state index contributed by atoms with van der Waals surface area (Å²) in [5, 5.41) is 4.07. The van der Waals surface area contributed by atoms with E-state index in [-0.39, 0.29) is 17.5 Å². The first-order valence-corrected chi connectivity index (χ1v) is 28.3. The lowest BCUT2D eigenvalue weighted by Crippen LogP contribution is -2.63. The first kappa shape index (κ1) is 40.9. The molecule has 4 heteroatoms. The SMILES string of the molecule is CCC1(C)c2ccc(C3CCCC3)cc2-c2cc(C(C)C)c([Si](C)(C)C)c[n+]2C1C1c2cc(C)c3c(oc4c(-c5ccccc5)cccc43)c2-c2cc(CC3CCCCC3)cc[n+]21. The number of fused-ring (bicyclic) bond motifs is 10. The molecule has 4 aliphatic rings. The number of nitrogens with zero attached hydrogens (tertiary/aromatic N) is 2. The summed E-state index contributed by atoms with van der Waals surface area (Å²) < 4.78 is 12.9. The monoisotopic (exact) mass is 849 g/mol. The number of hydrogen-bond acceptors (Lipinski definition) is 1. The summed E-state index contributed by atoms with van der Waals surface area (Å²) in [6.45, 7) is 19.9. The Morgan fingerprint density at radius 1 is 0.762 bits per heavy atom. The van der Waals surface area contributed by atoms with Gasteiger partial charge in [0, 0.05) is 45.3 Å². The van der Waals surface area contributed by atoms with Crippen LogP contribution in [0.5, 0.6) is 0 Å². The zero-order valence-electron chi connectivity index (χ0n) is 39.3. The molecule has 2 fully saturated rings. The Hall–Kier alpha value is -4.80. The van der Waals surface area contributed by atoms with Crippen molar-refractivity contribution in [3.63, 3.8) is 0 Å². The average Bonchev–Trinajstić information content (AvgIpc) is 4.04. The summed E-state index contributed by atoms with van der Waals surface area (Å²) in [5.41, 5.74) is 18.5. The van der Waals surface area contributed by atoms with E-state index in [4.69, 9.17) is 4.42 Å². The second-order valence-electron chi connectivity index (χ2n) is 21.8. The molecule has 3 unspecified atom stereocenters. The van der Waals surface area contributed by atoms with Crippen LogP contribution in [0.3, 0.4) is 0 Å². The molecule has 0 bridgehead atoms. The predicted octanol–water partition coefficient (Wildman–Crippen LogP) is 14.7. The fourth-order valence-corrected chi connectivity index (χ4v) is 14.9. The molecule has 0 radical (unpaired) electrons. The topological polar surface area (TPSA) is 20.9 Å². The normalized spacial score (nSPS) is 21.3. The number of benzene rings is 4. The number of furan rings is 1. The van der Waals surface area contributed by atoms with E-state index in [0.29, 0.717) is 11.8 Å². The molecule has 2 saturated carbocycles. The quantitative estimate of drug-likeness (QED) is 0.110. The third-order valence-corrected chi connectivity index (χ3v) is 18.6. The zero-order chi connectivity index (χ0) is 43.4. The molecule has 0 saturated heterocycles. The predicted molar refractivity (Wildman–Crippen MR) is 265 cm³/mol. The summed E-state index contributed by atoms with van der Waals surface area (Å²) in [7, 11) is -1.76. The fraction of sp³-hybridized carbons (Fsp3) is 0.424. The Balaban J connectivity index is 1.20. The molecule has 0 spiro atoms. The molecule has 3 aromatic heterocycles. The van der Waals surface area contributed by atoms with E-state index < -0.39 is 8.07 Å². The number of para-hydroxylation sites is 1. The molecule has 11 rings (SSSR count). The average molecular weight is 849 g/mol. The van der Waals surface area contributed by atoms with Gasteiger partial charge in [-0.05, 0) is 103 Å². The summed E-state index contributed by atoms with van der Waals surface area (Å²) in [4.78, 5) is 0. The van der Waals surface area contributed by atoms with E-state index in [9.17, 15) is 0 Å². The third kappa shape index (κ3) is 6.54. The van der Waals surface area contributed by atoms with Gasteiger partial charge in [0.15, 0.2) is 12.4 Å². The standard InChI is InChI=1S/C59H68N2OSi/c1-9-59(5)49-28-27-43(41-21-16-17-22-41)34-47(49)50-35-46(37(2)3)52(63(6,7)8)36-61(50)58(59)55-48-31-38(4)53-45-26-18-25-44(42-23-14-11-15-24-42)56(45)62-57(53)54(48)51-33-40(29-30-60(51)55)32-39-19-12-10-13-20-39/h11,14-15,18,23-31,33-37,39,41,55,58H,9-10,12-13,16-17,19-22,32H2,1-8H3/q+2. The Morgan fingerprint density at radius 2 is 1.52 bits per heavy atom. The van der Waals surface area contributed by atoms with E-state index in [1.165, 1.54) is 124 Å². The van der Waals surface area contributed by atoms with Crippen LogP contribution >= 0.6 is 0 Å². The highest BCUT2D eigenvalue weighted by Gasteiger charge is 2.60. The molecule has 0 N–H and O–H groups in total. The molecule has 4 aromatic carbocycles. The van der Waals surface area contributed by atoms with Crippen molar-refractivity contribution in [2.24, 2.45) is 5.92 Å². The van der Waals surface area contributed by atoms with Gasteiger partial charge in [0.1, 0.15) is 11.2 Å². The Morgan fingerprint density at radius 3 is 2.25 bits per heavy atom. The van der Waals surface area contributed by atoms with E-state index >= 15 is 0 Å². The van der Waals surface area contributed by atoms with Crippen LogP contribution in [0.4, 0.5) is 0 Å². The minimum atomic E-state index is -1.76. The molecule has 3 nitrogen and oxygen atoms in total. The lowest BCUT2D eigenvalue weighted by molar-refractivity contribution is -0.805. The summed E-state index contributed by atoms with van der Waals surface area (Å²) in [6, 6.07) is 35.8. The number of aryl methyl sites for hydroxylation is 1. The second kappa shape index (κ2) is 15.4. The van der Waals surface area contributed by atoms with Crippen LogP contribution in [0.1, 0.15) is 149 Å². The maximum absolute atomic E-state index is 7.40. The van der Waals surface area contributed by atoms with Crippen LogP contribution in [-0.2, 0) is 11.8 Å². The summed E-state index contributed by atoms with van der Waals surface area (Å²) in [5.74, 6) is 1.89. The smallest absolute Gasteiger partial charge is 0.246 e. The molecular weight excluding hydrogens is 781 g/mol. The van der Waals surface area contributed by atoms with Crippen molar-refractivity contribution in [1.82, 2.24) is 0 Å². The molecule has 2 aliphatic heterocycles. The minimum Gasteiger partial charge on any atom is -0.454 e. The van der Waals surface area contributed by atoms with Gasteiger partial charge >= 0.3 is 0 Å². The first-order chi connectivity index (χ1) is 30.4. The van der Waals surface area contributed by atoms with Crippen LogP contribution in [0.2, 0.25) is 19.6 Å². The third-order valence-electron chi connectivity index (χ3n) is 16.6.